The third-order valence-electron chi connectivity index (χ3n) is 5.03. The topological polar surface area (TPSA) is 112 Å². The molecule has 4 rings (SSSR count). The number of benzene rings is 2. The highest BCUT2D eigenvalue weighted by Crippen LogP contribution is 2.31. The fourth-order valence-electron chi connectivity index (χ4n) is 3.49. The van der Waals surface area contributed by atoms with Crippen LogP contribution in [0.2, 0.25) is 0 Å². The monoisotopic (exact) mass is 431 g/mol. The van der Waals surface area contributed by atoms with Gasteiger partial charge < -0.3 is 15.8 Å². The molecule has 3 N–H and O–H groups in total. The fraction of sp³-hybridized carbons (Fsp3) is 0.250. The lowest BCUT2D eigenvalue weighted by Crippen LogP contribution is -2.28. The Morgan fingerprint density at radius 2 is 1.72 bits per heavy atom. The third-order valence-corrected chi connectivity index (χ3v) is 5.03. The number of fused-ring (bicyclic) bond motifs is 2. The van der Waals surface area contributed by atoms with Crippen LogP contribution in [0.4, 0.5) is 5.82 Å². The van der Waals surface area contributed by atoms with Crippen LogP contribution in [0, 0.1) is 5.92 Å². The minimum Gasteiger partial charge on any atom is -0.462 e. The van der Waals surface area contributed by atoms with E-state index >= 15 is 0 Å². The standard InChI is InChI=1S/C24H25N5O3/c1-4-32-24(31)15-9-11-16(12-10-15)29-21(25)19(23(30)26-13-14(2)3)20-22(29)28-18-8-6-5-7-17(18)27-20/h5-12,14H,4,13,25H2,1-3H3,(H,26,30). The van der Waals surface area contributed by atoms with Gasteiger partial charge in [-0.1, -0.05) is 26.0 Å². The summed E-state index contributed by atoms with van der Waals surface area (Å²) in [5.74, 6) is -0.173. The van der Waals surface area contributed by atoms with Crippen molar-refractivity contribution in [2.45, 2.75) is 20.8 Å². The molecule has 0 fully saturated rings. The highest BCUT2D eigenvalue weighted by Gasteiger charge is 2.25. The van der Waals surface area contributed by atoms with Crippen molar-refractivity contribution in [2.24, 2.45) is 5.92 Å². The molecule has 0 unspecified atom stereocenters. The van der Waals surface area contributed by atoms with E-state index < -0.39 is 5.97 Å². The van der Waals surface area contributed by atoms with Crippen LogP contribution >= 0.6 is 0 Å². The Hall–Kier alpha value is -3.94. The van der Waals surface area contributed by atoms with Crippen LogP contribution < -0.4 is 11.1 Å². The molecule has 8 heteroatoms. The van der Waals surface area contributed by atoms with E-state index in [1.54, 1.807) is 35.8 Å². The summed E-state index contributed by atoms with van der Waals surface area (Å²) in [7, 11) is 0. The van der Waals surface area contributed by atoms with Gasteiger partial charge in [-0.15, -0.1) is 0 Å². The lowest BCUT2D eigenvalue weighted by molar-refractivity contribution is 0.0526. The van der Waals surface area contributed by atoms with Gasteiger partial charge >= 0.3 is 5.97 Å². The van der Waals surface area contributed by atoms with Crippen molar-refractivity contribution < 1.29 is 14.3 Å². The predicted molar refractivity (Wildman–Crippen MR) is 124 cm³/mol. The number of nitrogens with two attached hydrogens (primary N) is 1. The zero-order valence-electron chi connectivity index (χ0n) is 18.3. The SMILES string of the molecule is CCOC(=O)c1ccc(-n2c(N)c(C(=O)NCC(C)C)c3nc4ccccc4nc32)cc1. The molecule has 4 aromatic rings. The number of ether oxygens (including phenoxy) is 1. The highest BCUT2D eigenvalue weighted by atomic mass is 16.5. The van der Waals surface area contributed by atoms with E-state index in [0.29, 0.717) is 46.6 Å². The first-order valence-corrected chi connectivity index (χ1v) is 10.5. The maximum atomic E-state index is 13.0. The molecule has 0 aliphatic carbocycles. The predicted octanol–water partition coefficient (Wildman–Crippen LogP) is 3.72. The molecule has 1 amide bonds. The van der Waals surface area contributed by atoms with E-state index in [1.165, 1.54) is 0 Å². The van der Waals surface area contributed by atoms with Crippen LogP contribution in [0.3, 0.4) is 0 Å². The van der Waals surface area contributed by atoms with Crippen LogP contribution in [-0.2, 0) is 4.74 Å². The average molecular weight is 431 g/mol. The Bertz CT molecular complexity index is 1310. The Balaban J connectivity index is 1.90. The molecule has 0 radical (unpaired) electrons. The zero-order valence-corrected chi connectivity index (χ0v) is 18.3. The Kier molecular flexibility index (Phi) is 5.77. The first-order valence-electron chi connectivity index (χ1n) is 10.5. The average Bonchev–Trinajstić information content (AvgIpc) is 3.06. The number of nitrogens with one attached hydrogen (secondary N) is 1. The van der Waals surface area contributed by atoms with Crippen molar-refractivity contribution in [3.8, 4) is 5.69 Å². The molecule has 2 aromatic carbocycles. The molecule has 0 spiro atoms. The first kappa shape index (κ1) is 21.3. The summed E-state index contributed by atoms with van der Waals surface area (Å²) in [5, 5.41) is 2.92. The van der Waals surface area contributed by atoms with Gasteiger partial charge in [-0.05, 0) is 49.2 Å². The summed E-state index contributed by atoms with van der Waals surface area (Å²) < 4.78 is 6.74. The lowest BCUT2D eigenvalue weighted by atomic mass is 10.2. The van der Waals surface area contributed by atoms with E-state index in [9.17, 15) is 9.59 Å². The van der Waals surface area contributed by atoms with Crippen LogP contribution in [0.25, 0.3) is 27.9 Å². The second-order valence-corrected chi connectivity index (χ2v) is 7.85. The molecule has 0 atom stereocenters. The van der Waals surface area contributed by atoms with Gasteiger partial charge in [0.2, 0.25) is 0 Å². The fourth-order valence-corrected chi connectivity index (χ4v) is 3.49. The second-order valence-electron chi connectivity index (χ2n) is 7.85. The maximum absolute atomic E-state index is 13.0. The molecule has 0 saturated carbocycles. The molecule has 0 aliphatic heterocycles. The molecule has 32 heavy (non-hydrogen) atoms. The molecular weight excluding hydrogens is 406 g/mol. The van der Waals surface area contributed by atoms with Crippen molar-refractivity contribution in [1.82, 2.24) is 19.9 Å². The maximum Gasteiger partial charge on any atom is 0.338 e. The summed E-state index contributed by atoms with van der Waals surface area (Å²) in [6.07, 6.45) is 0. The Morgan fingerprint density at radius 3 is 2.34 bits per heavy atom. The van der Waals surface area contributed by atoms with Crippen molar-refractivity contribution in [1.29, 1.82) is 0 Å². The first-order chi connectivity index (χ1) is 15.4. The smallest absolute Gasteiger partial charge is 0.338 e. The molecule has 8 nitrogen and oxygen atoms in total. The summed E-state index contributed by atoms with van der Waals surface area (Å²) in [6, 6.07) is 14.3. The number of para-hydroxylation sites is 2. The number of carbonyl (C=O) groups is 2. The zero-order chi connectivity index (χ0) is 22.8. The van der Waals surface area contributed by atoms with E-state index in [1.807, 2.05) is 38.1 Å². The number of carbonyl (C=O) groups excluding carboxylic acids is 2. The molecule has 2 aromatic heterocycles. The van der Waals surface area contributed by atoms with E-state index in [4.69, 9.17) is 20.4 Å². The molecule has 0 bridgehead atoms. The van der Waals surface area contributed by atoms with Crippen LogP contribution in [0.1, 0.15) is 41.5 Å². The number of hydrogen-bond donors (Lipinski definition) is 2. The third kappa shape index (κ3) is 3.87. The van der Waals surface area contributed by atoms with Gasteiger partial charge in [0.25, 0.3) is 5.91 Å². The minimum absolute atomic E-state index is 0.237. The number of anilines is 1. The van der Waals surface area contributed by atoms with Crippen molar-refractivity contribution >= 4 is 39.9 Å². The van der Waals surface area contributed by atoms with Gasteiger partial charge in [-0.3, -0.25) is 9.36 Å². The second kappa shape index (κ2) is 8.66. The number of rotatable bonds is 6. The number of aromatic nitrogens is 3. The van der Waals surface area contributed by atoms with E-state index in [-0.39, 0.29) is 23.2 Å². The quantitative estimate of drug-likeness (QED) is 0.450. The molecular formula is C24H25N5O3. The van der Waals surface area contributed by atoms with Gasteiger partial charge in [0.05, 0.1) is 23.2 Å². The van der Waals surface area contributed by atoms with Crippen LogP contribution in [0.5, 0.6) is 0 Å². The number of nitrogen functional groups attached to an aromatic ring is 1. The summed E-state index contributed by atoms with van der Waals surface area (Å²) in [4.78, 5) is 34.5. The van der Waals surface area contributed by atoms with Crippen molar-refractivity contribution in [3.63, 3.8) is 0 Å². The summed E-state index contributed by atoms with van der Waals surface area (Å²) >= 11 is 0. The number of nitrogens with zero attached hydrogens (tertiary/aromatic N) is 3. The van der Waals surface area contributed by atoms with Crippen LogP contribution in [0.15, 0.2) is 48.5 Å². The van der Waals surface area contributed by atoms with E-state index in [0.717, 1.165) is 0 Å². The molecule has 2 heterocycles. The number of hydrogen-bond acceptors (Lipinski definition) is 6. The minimum atomic E-state index is -0.399. The normalized spacial score (nSPS) is 11.2. The van der Waals surface area contributed by atoms with Gasteiger partial charge in [-0.2, -0.15) is 0 Å². The highest BCUT2D eigenvalue weighted by molar-refractivity contribution is 6.11. The molecule has 0 saturated heterocycles. The Labute approximate surface area is 185 Å². The Morgan fingerprint density at radius 1 is 1.06 bits per heavy atom. The number of esters is 1. The summed E-state index contributed by atoms with van der Waals surface area (Å²) in [5.41, 5.74) is 10.1. The van der Waals surface area contributed by atoms with E-state index in [2.05, 4.69) is 5.32 Å². The van der Waals surface area contributed by atoms with Gasteiger partial charge in [0.1, 0.15) is 16.9 Å². The largest absolute Gasteiger partial charge is 0.462 e. The van der Waals surface area contributed by atoms with Crippen molar-refractivity contribution in [2.75, 3.05) is 18.9 Å². The van der Waals surface area contributed by atoms with Crippen LogP contribution in [-0.4, -0.2) is 39.6 Å². The molecule has 164 valence electrons. The number of amides is 1. The van der Waals surface area contributed by atoms with Crippen molar-refractivity contribution in [3.05, 3.63) is 59.7 Å². The van der Waals surface area contributed by atoms with Gasteiger partial charge in [0, 0.05) is 12.2 Å². The molecule has 0 aliphatic rings. The summed E-state index contributed by atoms with van der Waals surface area (Å²) in [6.45, 7) is 6.61. The lowest BCUT2D eigenvalue weighted by Gasteiger charge is -2.10. The van der Waals surface area contributed by atoms with Gasteiger partial charge in [0.15, 0.2) is 5.65 Å². The van der Waals surface area contributed by atoms with Gasteiger partial charge in [-0.25, -0.2) is 14.8 Å².